The third kappa shape index (κ3) is 2.86. The minimum atomic E-state index is -0.869. The van der Waals surface area contributed by atoms with Gasteiger partial charge in [-0.3, -0.25) is 4.79 Å². The van der Waals surface area contributed by atoms with Gasteiger partial charge in [0.25, 0.3) is 0 Å². The highest BCUT2D eigenvalue weighted by molar-refractivity contribution is 9.10. The van der Waals surface area contributed by atoms with Gasteiger partial charge in [-0.15, -0.1) is 5.10 Å². The van der Waals surface area contributed by atoms with Crippen molar-refractivity contribution >= 4 is 27.5 Å². The van der Waals surface area contributed by atoms with E-state index in [1.165, 1.54) is 6.33 Å². The van der Waals surface area contributed by atoms with Gasteiger partial charge >= 0.3 is 0 Å². The molecule has 0 bridgehead atoms. The lowest BCUT2D eigenvalue weighted by atomic mass is 10.3. The Balaban J connectivity index is 2.12. The van der Waals surface area contributed by atoms with Crippen molar-refractivity contribution in [1.82, 2.24) is 20.2 Å². The molecule has 6 nitrogen and oxygen atoms in total. The van der Waals surface area contributed by atoms with Crippen LogP contribution in [0.15, 0.2) is 22.9 Å². The molecular formula is C9H6BrF2N5O. The van der Waals surface area contributed by atoms with Gasteiger partial charge in [-0.2, -0.15) is 0 Å². The lowest BCUT2D eigenvalue weighted by Gasteiger charge is -2.07. The lowest BCUT2D eigenvalue weighted by molar-refractivity contribution is -0.117. The zero-order valence-electron chi connectivity index (χ0n) is 8.77. The third-order valence-corrected chi connectivity index (χ3v) is 2.43. The van der Waals surface area contributed by atoms with Crippen molar-refractivity contribution in [3.8, 4) is 0 Å². The molecule has 0 saturated heterocycles. The number of amides is 1. The highest BCUT2D eigenvalue weighted by atomic mass is 79.9. The molecule has 94 valence electrons. The fourth-order valence-electron chi connectivity index (χ4n) is 1.24. The molecule has 0 aliphatic carbocycles. The Kier molecular flexibility index (Phi) is 3.60. The number of rotatable bonds is 3. The van der Waals surface area contributed by atoms with Crippen molar-refractivity contribution in [2.24, 2.45) is 0 Å². The van der Waals surface area contributed by atoms with Gasteiger partial charge in [-0.25, -0.2) is 13.5 Å². The molecule has 0 fully saturated rings. The maximum absolute atomic E-state index is 13.4. The standard InChI is InChI=1S/C9H6BrF2N5O/c10-5-1-6(11)9(7(12)2-5)14-8(18)3-17-4-13-15-16-17/h1-2,4H,3H2,(H,14,18). The highest BCUT2D eigenvalue weighted by Gasteiger charge is 2.14. The van der Waals surface area contributed by atoms with Crippen molar-refractivity contribution in [2.75, 3.05) is 5.32 Å². The minimum absolute atomic E-state index is 0.234. The molecule has 9 heteroatoms. The van der Waals surface area contributed by atoms with Gasteiger partial charge in [0.15, 0.2) is 11.6 Å². The second kappa shape index (κ2) is 5.17. The Hall–Kier alpha value is -1.90. The monoisotopic (exact) mass is 317 g/mol. The first-order chi connectivity index (χ1) is 8.56. The SMILES string of the molecule is O=C(Cn1cnnn1)Nc1c(F)cc(Br)cc1F. The number of anilines is 1. The van der Waals surface area contributed by atoms with Crippen molar-refractivity contribution < 1.29 is 13.6 Å². The normalized spacial score (nSPS) is 10.4. The molecule has 18 heavy (non-hydrogen) atoms. The number of carbonyl (C=O) groups excluding carboxylic acids is 1. The second-order valence-corrected chi connectivity index (χ2v) is 4.22. The molecule has 2 rings (SSSR count). The van der Waals surface area contributed by atoms with E-state index in [1.54, 1.807) is 0 Å². The van der Waals surface area contributed by atoms with Crippen LogP contribution in [0, 0.1) is 11.6 Å². The van der Waals surface area contributed by atoms with Crippen LogP contribution in [0.3, 0.4) is 0 Å². The Labute approximate surface area is 108 Å². The summed E-state index contributed by atoms with van der Waals surface area (Å²) in [6, 6.07) is 2.10. The third-order valence-electron chi connectivity index (χ3n) is 1.97. The number of halogens is 3. The number of carbonyl (C=O) groups is 1. The molecule has 1 amide bonds. The molecule has 0 spiro atoms. The van der Waals surface area contributed by atoms with Crippen LogP contribution in [0.2, 0.25) is 0 Å². The summed E-state index contributed by atoms with van der Waals surface area (Å²) >= 11 is 2.94. The van der Waals surface area contributed by atoms with E-state index < -0.39 is 23.2 Å². The summed E-state index contributed by atoms with van der Waals surface area (Å²) in [6.07, 6.45) is 1.22. The van der Waals surface area contributed by atoms with E-state index in [0.717, 1.165) is 16.8 Å². The fraction of sp³-hybridized carbons (Fsp3) is 0.111. The summed E-state index contributed by atoms with van der Waals surface area (Å²) < 4.78 is 28.2. The number of hydrogen-bond donors (Lipinski definition) is 1. The predicted molar refractivity (Wildman–Crippen MR) is 60.5 cm³/mol. The van der Waals surface area contributed by atoms with Crippen LogP contribution in [-0.2, 0) is 11.3 Å². The summed E-state index contributed by atoms with van der Waals surface area (Å²) in [5.74, 6) is -2.37. The molecule has 0 radical (unpaired) electrons. The summed E-state index contributed by atoms with van der Waals surface area (Å²) in [5.41, 5.74) is -0.503. The van der Waals surface area contributed by atoms with Crippen LogP contribution in [0.4, 0.5) is 14.5 Å². The van der Waals surface area contributed by atoms with Gasteiger partial charge in [0.1, 0.15) is 18.6 Å². The molecule has 1 aromatic carbocycles. The van der Waals surface area contributed by atoms with Crippen LogP contribution < -0.4 is 5.32 Å². The van der Waals surface area contributed by atoms with Crippen molar-refractivity contribution in [1.29, 1.82) is 0 Å². The predicted octanol–water partition coefficient (Wildman–Crippen LogP) is 1.35. The molecule has 1 aromatic heterocycles. The zero-order chi connectivity index (χ0) is 13.1. The highest BCUT2D eigenvalue weighted by Crippen LogP contribution is 2.23. The average molecular weight is 318 g/mol. The van der Waals surface area contributed by atoms with Gasteiger partial charge in [-0.05, 0) is 22.6 Å². The van der Waals surface area contributed by atoms with Gasteiger partial charge in [-0.1, -0.05) is 15.9 Å². The second-order valence-electron chi connectivity index (χ2n) is 3.30. The van der Waals surface area contributed by atoms with Crippen molar-refractivity contribution in [2.45, 2.75) is 6.54 Å². The van der Waals surface area contributed by atoms with Crippen LogP contribution in [-0.4, -0.2) is 26.1 Å². The number of tetrazole rings is 1. The lowest BCUT2D eigenvalue weighted by Crippen LogP contribution is -2.20. The van der Waals surface area contributed by atoms with Crippen LogP contribution in [0.1, 0.15) is 0 Å². The number of aromatic nitrogens is 4. The first-order valence-corrected chi connectivity index (χ1v) is 5.50. The van der Waals surface area contributed by atoms with Crippen molar-refractivity contribution in [3.63, 3.8) is 0 Å². The first kappa shape index (κ1) is 12.6. The van der Waals surface area contributed by atoms with Gasteiger partial charge in [0.05, 0.1) is 0 Å². The summed E-state index contributed by atoms with van der Waals surface area (Å²) in [7, 11) is 0. The van der Waals surface area contributed by atoms with Gasteiger partial charge in [0, 0.05) is 4.47 Å². The number of nitrogens with zero attached hydrogens (tertiary/aromatic N) is 4. The largest absolute Gasteiger partial charge is 0.320 e. The van der Waals surface area contributed by atoms with Crippen LogP contribution >= 0.6 is 15.9 Å². The Morgan fingerprint density at radius 3 is 2.61 bits per heavy atom. The molecule has 0 saturated carbocycles. The molecule has 0 atom stereocenters. The van der Waals surface area contributed by atoms with Crippen LogP contribution in [0.25, 0.3) is 0 Å². The zero-order valence-corrected chi connectivity index (χ0v) is 10.4. The minimum Gasteiger partial charge on any atom is -0.320 e. The molecule has 2 aromatic rings. The van der Waals surface area contributed by atoms with E-state index in [-0.39, 0.29) is 11.0 Å². The quantitative estimate of drug-likeness (QED) is 0.927. The van der Waals surface area contributed by atoms with E-state index in [0.29, 0.717) is 0 Å². The molecule has 1 N–H and O–H groups in total. The maximum Gasteiger partial charge on any atom is 0.246 e. The summed E-state index contributed by atoms with van der Waals surface area (Å²) in [5, 5.41) is 12.2. The maximum atomic E-state index is 13.4. The summed E-state index contributed by atoms with van der Waals surface area (Å²) in [4.78, 5) is 11.5. The van der Waals surface area contributed by atoms with Gasteiger partial charge < -0.3 is 5.32 Å². The number of benzene rings is 1. The van der Waals surface area contributed by atoms with Crippen molar-refractivity contribution in [3.05, 3.63) is 34.6 Å². The molecule has 0 aliphatic rings. The molecule has 1 heterocycles. The van der Waals surface area contributed by atoms with E-state index in [4.69, 9.17) is 0 Å². The van der Waals surface area contributed by atoms with E-state index in [1.807, 2.05) is 0 Å². The summed E-state index contributed by atoms with van der Waals surface area (Å²) in [6.45, 7) is -0.234. The number of hydrogen-bond acceptors (Lipinski definition) is 4. The smallest absolute Gasteiger partial charge is 0.246 e. The first-order valence-electron chi connectivity index (χ1n) is 4.71. The average Bonchev–Trinajstić information content (AvgIpc) is 2.76. The Bertz CT molecular complexity index is 551. The van der Waals surface area contributed by atoms with Crippen LogP contribution in [0.5, 0.6) is 0 Å². The van der Waals surface area contributed by atoms with E-state index in [2.05, 4.69) is 36.8 Å². The topological polar surface area (TPSA) is 72.7 Å². The molecule has 0 unspecified atom stereocenters. The molecule has 0 aliphatic heterocycles. The fourth-order valence-corrected chi connectivity index (χ4v) is 1.64. The van der Waals surface area contributed by atoms with E-state index in [9.17, 15) is 13.6 Å². The molecular weight excluding hydrogens is 312 g/mol. The van der Waals surface area contributed by atoms with E-state index >= 15 is 0 Å². The van der Waals surface area contributed by atoms with Gasteiger partial charge in [0.2, 0.25) is 5.91 Å². The Morgan fingerprint density at radius 1 is 1.39 bits per heavy atom. The Morgan fingerprint density at radius 2 is 2.06 bits per heavy atom. The number of nitrogens with one attached hydrogen (secondary N) is 1.